The molecule has 5 nitrogen and oxygen atoms in total. The molecule has 1 aliphatic carbocycles. The van der Waals surface area contributed by atoms with Gasteiger partial charge in [-0.05, 0) is 32.6 Å². The van der Waals surface area contributed by atoms with Crippen LogP contribution in [-0.2, 0) is 11.3 Å². The second-order valence-corrected chi connectivity index (χ2v) is 7.07. The summed E-state index contributed by atoms with van der Waals surface area (Å²) in [7, 11) is 0. The van der Waals surface area contributed by atoms with Crippen molar-refractivity contribution in [1.29, 1.82) is 0 Å². The van der Waals surface area contributed by atoms with E-state index in [1.165, 1.54) is 24.6 Å². The highest BCUT2D eigenvalue weighted by molar-refractivity contribution is 8.00. The number of carbonyl (C=O) groups excluding carboxylic acids is 1. The number of carbonyl (C=O) groups is 1. The number of nitrogens with one attached hydrogen (secondary N) is 1. The van der Waals surface area contributed by atoms with E-state index in [1.54, 1.807) is 0 Å². The molecule has 2 rings (SSSR count). The highest BCUT2D eigenvalue weighted by Crippen LogP contribution is 2.40. The Bertz CT molecular complexity index is 468. The summed E-state index contributed by atoms with van der Waals surface area (Å²) in [6, 6.07) is 0. The molecule has 0 bridgehead atoms. The van der Waals surface area contributed by atoms with Crippen molar-refractivity contribution in [2.24, 2.45) is 5.92 Å². The van der Waals surface area contributed by atoms with Gasteiger partial charge in [0.05, 0.1) is 5.25 Å². The van der Waals surface area contributed by atoms with Crippen LogP contribution < -0.4 is 5.32 Å². The molecule has 112 valence electrons. The molecule has 20 heavy (non-hydrogen) atoms. The Hall–Kier alpha value is -1.04. The quantitative estimate of drug-likeness (QED) is 0.785. The molecule has 0 spiro atoms. The molecule has 1 saturated carbocycles. The number of thioether (sulfide) groups is 1. The van der Waals surface area contributed by atoms with Crippen molar-refractivity contribution >= 4 is 17.7 Å². The van der Waals surface area contributed by atoms with Gasteiger partial charge in [-0.2, -0.15) is 0 Å². The van der Waals surface area contributed by atoms with Crippen molar-refractivity contribution in [3.8, 4) is 0 Å². The maximum Gasteiger partial charge on any atom is 0.233 e. The lowest BCUT2D eigenvalue weighted by Crippen LogP contribution is -2.33. The van der Waals surface area contributed by atoms with Crippen LogP contribution in [0.1, 0.15) is 52.3 Å². The van der Waals surface area contributed by atoms with Gasteiger partial charge in [-0.1, -0.05) is 25.6 Å². The Morgan fingerprint density at radius 3 is 2.65 bits per heavy atom. The largest absolute Gasteiger partial charge is 0.355 e. The maximum atomic E-state index is 12.0. The topological polar surface area (TPSA) is 59.8 Å². The minimum absolute atomic E-state index is 0.0716. The highest BCUT2D eigenvalue weighted by Gasteiger charge is 2.30. The summed E-state index contributed by atoms with van der Waals surface area (Å²) in [6.07, 6.45) is 2.43. The zero-order valence-corrected chi connectivity index (χ0v) is 13.5. The van der Waals surface area contributed by atoms with Crippen LogP contribution in [-0.4, -0.2) is 32.5 Å². The molecule has 0 aliphatic heterocycles. The van der Waals surface area contributed by atoms with Crippen molar-refractivity contribution in [3.63, 3.8) is 0 Å². The van der Waals surface area contributed by atoms with Gasteiger partial charge < -0.3 is 9.88 Å². The zero-order chi connectivity index (χ0) is 14.7. The Morgan fingerprint density at radius 1 is 1.40 bits per heavy atom. The lowest BCUT2D eigenvalue weighted by molar-refractivity contribution is -0.120. The minimum atomic E-state index is -0.143. The normalized spacial score (nSPS) is 16.4. The fourth-order valence-corrected chi connectivity index (χ4v) is 2.93. The van der Waals surface area contributed by atoms with Crippen LogP contribution in [0.25, 0.3) is 0 Å². The first kappa shape index (κ1) is 15.4. The summed E-state index contributed by atoms with van der Waals surface area (Å²) in [5.74, 6) is 2.21. The number of rotatable bonds is 7. The van der Waals surface area contributed by atoms with Gasteiger partial charge in [0.1, 0.15) is 5.82 Å². The van der Waals surface area contributed by atoms with E-state index in [9.17, 15) is 4.79 Å². The molecule has 1 aromatic rings. The third-order valence-corrected chi connectivity index (χ3v) is 4.42. The Morgan fingerprint density at radius 2 is 2.10 bits per heavy atom. The van der Waals surface area contributed by atoms with Crippen molar-refractivity contribution in [2.45, 2.75) is 63.4 Å². The van der Waals surface area contributed by atoms with Crippen LogP contribution in [0.4, 0.5) is 0 Å². The number of aromatic nitrogens is 3. The number of hydrogen-bond donors (Lipinski definition) is 1. The van der Waals surface area contributed by atoms with E-state index >= 15 is 0 Å². The summed E-state index contributed by atoms with van der Waals surface area (Å²) in [6.45, 7) is 9.79. The zero-order valence-electron chi connectivity index (χ0n) is 12.7. The monoisotopic (exact) mass is 296 g/mol. The minimum Gasteiger partial charge on any atom is -0.355 e. The van der Waals surface area contributed by atoms with Crippen LogP contribution in [0.2, 0.25) is 0 Å². The average molecular weight is 296 g/mol. The van der Waals surface area contributed by atoms with Crippen molar-refractivity contribution in [1.82, 2.24) is 20.1 Å². The SMILES string of the molecule is CCn1c(S[C@@H](C)C(=O)NCC(C)C)nnc1C1CC1. The van der Waals surface area contributed by atoms with Crippen LogP contribution in [0.15, 0.2) is 5.16 Å². The number of nitrogens with zero attached hydrogens (tertiary/aromatic N) is 3. The molecule has 1 fully saturated rings. The molecule has 1 amide bonds. The predicted molar refractivity (Wildman–Crippen MR) is 80.8 cm³/mol. The van der Waals surface area contributed by atoms with Crippen molar-refractivity contribution in [3.05, 3.63) is 5.82 Å². The van der Waals surface area contributed by atoms with Gasteiger partial charge >= 0.3 is 0 Å². The second-order valence-electron chi connectivity index (χ2n) is 5.76. The molecule has 0 aromatic carbocycles. The smallest absolute Gasteiger partial charge is 0.233 e. The van der Waals surface area contributed by atoms with Crippen LogP contribution in [0.3, 0.4) is 0 Å². The van der Waals surface area contributed by atoms with E-state index in [0.717, 1.165) is 24.1 Å². The molecule has 1 N–H and O–H groups in total. The molecule has 0 saturated heterocycles. The van der Waals surface area contributed by atoms with Crippen molar-refractivity contribution in [2.75, 3.05) is 6.54 Å². The highest BCUT2D eigenvalue weighted by atomic mass is 32.2. The fourth-order valence-electron chi connectivity index (χ4n) is 1.99. The van der Waals surface area contributed by atoms with Gasteiger partial charge in [-0.15, -0.1) is 10.2 Å². The van der Waals surface area contributed by atoms with Gasteiger partial charge in [0.25, 0.3) is 0 Å². The van der Waals surface area contributed by atoms with Gasteiger partial charge in [-0.25, -0.2) is 0 Å². The number of hydrogen-bond acceptors (Lipinski definition) is 4. The first-order valence-corrected chi connectivity index (χ1v) is 8.28. The summed E-state index contributed by atoms with van der Waals surface area (Å²) >= 11 is 1.50. The molecule has 1 heterocycles. The summed E-state index contributed by atoms with van der Waals surface area (Å²) in [5, 5.41) is 12.2. The summed E-state index contributed by atoms with van der Waals surface area (Å²) in [4.78, 5) is 12.0. The predicted octanol–water partition coefficient (Wildman–Crippen LogP) is 2.43. The van der Waals surface area contributed by atoms with E-state index in [4.69, 9.17) is 0 Å². The molecule has 1 atom stereocenters. The van der Waals surface area contributed by atoms with Crippen LogP contribution >= 0.6 is 11.8 Å². The van der Waals surface area contributed by atoms with Crippen molar-refractivity contribution < 1.29 is 4.79 Å². The van der Waals surface area contributed by atoms with Gasteiger partial charge in [0.2, 0.25) is 5.91 Å². The molecule has 6 heteroatoms. The van der Waals surface area contributed by atoms with Crippen LogP contribution in [0.5, 0.6) is 0 Å². The summed E-state index contributed by atoms with van der Waals surface area (Å²) < 4.78 is 2.15. The Kier molecular flexibility index (Phi) is 5.07. The van der Waals surface area contributed by atoms with E-state index in [2.05, 4.69) is 40.9 Å². The first-order valence-electron chi connectivity index (χ1n) is 7.40. The molecular weight excluding hydrogens is 272 g/mol. The third kappa shape index (κ3) is 3.75. The van der Waals surface area contributed by atoms with Gasteiger partial charge in [0.15, 0.2) is 5.16 Å². The van der Waals surface area contributed by atoms with E-state index in [-0.39, 0.29) is 11.2 Å². The Balaban J connectivity index is 1.96. The molecule has 0 unspecified atom stereocenters. The molecule has 0 radical (unpaired) electrons. The van der Waals surface area contributed by atoms with E-state index in [0.29, 0.717) is 11.8 Å². The van der Waals surface area contributed by atoms with Gasteiger partial charge in [0, 0.05) is 19.0 Å². The second kappa shape index (κ2) is 6.61. The first-order chi connectivity index (χ1) is 9.52. The standard InChI is InChI=1S/C14H24N4OS/c1-5-18-12(11-6-7-11)16-17-14(18)20-10(4)13(19)15-8-9(2)3/h9-11H,5-8H2,1-4H3,(H,15,19)/t10-/m0/s1. The summed E-state index contributed by atoms with van der Waals surface area (Å²) in [5.41, 5.74) is 0. The molecular formula is C14H24N4OS. The van der Waals surface area contributed by atoms with Crippen LogP contribution in [0, 0.1) is 5.92 Å². The van der Waals surface area contributed by atoms with E-state index < -0.39 is 0 Å². The Labute approximate surface area is 124 Å². The molecule has 1 aromatic heterocycles. The third-order valence-electron chi connectivity index (χ3n) is 3.34. The fraction of sp³-hybridized carbons (Fsp3) is 0.786. The lowest BCUT2D eigenvalue weighted by Gasteiger charge is -2.13. The molecule has 1 aliphatic rings. The van der Waals surface area contributed by atoms with E-state index in [1.807, 2.05) is 6.92 Å². The van der Waals surface area contributed by atoms with Gasteiger partial charge in [-0.3, -0.25) is 4.79 Å². The number of amides is 1. The lowest BCUT2D eigenvalue weighted by atomic mass is 10.2. The maximum absolute atomic E-state index is 12.0. The average Bonchev–Trinajstić information content (AvgIpc) is 3.17.